The monoisotopic (exact) mass is 536 g/mol. The number of carbonyl (C=O) groups excluding carboxylic acids is 1. The van der Waals surface area contributed by atoms with E-state index in [4.69, 9.17) is 26.3 Å². The number of fused-ring (bicyclic) bond motifs is 1. The Hall–Kier alpha value is -3.66. The predicted octanol–water partition coefficient (Wildman–Crippen LogP) is 5.73. The molecule has 5 aromatic rings. The first-order chi connectivity index (χ1) is 17.8. The summed E-state index contributed by atoms with van der Waals surface area (Å²) in [5.74, 6) is 1.57. The number of nitrogen functional groups attached to an aromatic ring is 1. The Labute approximate surface area is 222 Å². The summed E-state index contributed by atoms with van der Waals surface area (Å²) in [5, 5.41) is 19.0. The summed E-state index contributed by atoms with van der Waals surface area (Å²) in [4.78, 5) is 18.1. The Kier molecular flexibility index (Phi) is 7.01. The van der Waals surface area contributed by atoms with Gasteiger partial charge in [-0.25, -0.2) is 4.98 Å². The lowest BCUT2D eigenvalue weighted by molar-refractivity contribution is -0.121. The van der Waals surface area contributed by atoms with E-state index in [-0.39, 0.29) is 12.5 Å². The second-order valence-corrected chi connectivity index (χ2v) is 10.3. The van der Waals surface area contributed by atoms with E-state index >= 15 is 0 Å². The predicted molar refractivity (Wildman–Crippen MR) is 143 cm³/mol. The van der Waals surface area contributed by atoms with E-state index in [1.165, 1.54) is 11.3 Å². The van der Waals surface area contributed by atoms with E-state index < -0.39 is 6.10 Å². The highest BCUT2D eigenvalue weighted by atomic mass is 35.5. The first-order valence-corrected chi connectivity index (χ1v) is 12.9. The molecule has 37 heavy (non-hydrogen) atoms. The fourth-order valence-electron chi connectivity index (χ4n) is 4.19. The second-order valence-electron chi connectivity index (χ2n) is 8.80. The molecule has 0 aliphatic heterocycles. The van der Waals surface area contributed by atoms with Crippen molar-refractivity contribution in [3.8, 4) is 10.4 Å². The van der Waals surface area contributed by atoms with Crippen LogP contribution in [0.2, 0.25) is 5.02 Å². The van der Waals surface area contributed by atoms with Crippen LogP contribution < -0.4 is 11.1 Å². The molecule has 1 aromatic carbocycles. The van der Waals surface area contributed by atoms with Crippen LogP contribution in [0.15, 0.2) is 57.6 Å². The van der Waals surface area contributed by atoms with E-state index in [1.807, 2.05) is 43.3 Å². The van der Waals surface area contributed by atoms with Gasteiger partial charge in [-0.05, 0) is 67.8 Å². The molecular formula is C27H25ClN4O4S. The molecule has 4 N–H and O–H groups in total. The van der Waals surface area contributed by atoms with Gasteiger partial charge in [0.25, 0.3) is 0 Å². The van der Waals surface area contributed by atoms with Crippen LogP contribution in [0, 0.1) is 13.8 Å². The quantitative estimate of drug-likeness (QED) is 0.231. The number of hydrogen-bond acceptors (Lipinski definition) is 8. The SMILES string of the molecule is Cc1noc(C)c1C(O)c1ccc(-c2cc(Cl)c3oc(CNC(=O)CCc4ccc(N)nc4)cc3c2)s1. The number of aryl methyl sites for hydroxylation is 3. The van der Waals surface area contributed by atoms with Gasteiger partial charge in [-0.1, -0.05) is 22.8 Å². The number of nitrogens with zero attached hydrogens (tertiary/aromatic N) is 2. The number of anilines is 1. The van der Waals surface area contributed by atoms with Crippen LogP contribution in [0.3, 0.4) is 0 Å². The third-order valence-electron chi connectivity index (χ3n) is 6.11. The van der Waals surface area contributed by atoms with Gasteiger partial charge < -0.3 is 25.1 Å². The molecule has 0 spiro atoms. The van der Waals surface area contributed by atoms with Crippen LogP contribution >= 0.6 is 22.9 Å². The zero-order valence-electron chi connectivity index (χ0n) is 20.2. The average molecular weight is 537 g/mol. The number of nitrogens with one attached hydrogen (secondary N) is 1. The number of thiophene rings is 1. The normalized spacial score (nSPS) is 12.2. The highest BCUT2D eigenvalue weighted by Crippen LogP contribution is 2.39. The summed E-state index contributed by atoms with van der Waals surface area (Å²) < 4.78 is 11.1. The Morgan fingerprint density at radius 3 is 2.78 bits per heavy atom. The Balaban J connectivity index is 1.27. The standard InChI is InChI=1S/C27H25ClN4O4S/c1-14-25(15(2)36-32-14)26(34)22-6-5-21(37-22)17-9-18-10-19(35-27(18)20(28)11-17)13-31-24(33)8-4-16-3-7-23(29)30-12-16/h3,5-7,9-12,26,34H,4,8,13H2,1-2H3,(H2,29,30)(H,31,33). The maximum Gasteiger partial charge on any atom is 0.220 e. The third-order valence-corrected chi connectivity index (χ3v) is 7.58. The number of hydrogen-bond donors (Lipinski definition) is 3. The number of benzene rings is 1. The lowest BCUT2D eigenvalue weighted by Crippen LogP contribution is -2.22. The number of carbonyl (C=O) groups is 1. The van der Waals surface area contributed by atoms with Gasteiger partial charge in [-0.15, -0.1) is 11.3 Å². The van der Waals surface area contributed by atoms with Crippen LogP contribution in [-0.4, -0.2) is 21.2 Å². The number of rotatable bonds is 8. The fraction of sp³-hybridized carbons (Fsp3) is 0.222. The number of pyridine rings is 1. The van der Waals surface area contributed by atoms with Crippen LogP contribution in [0.4, 0.5) is 5.82 Å². The summed E-state index contributed by atoms with van der Waals surface area (Å²) in [6.07, 6.45) is 1.76. The van der Waals surface area contributed by atoms with Crippen molar-refractivity contribution < 1.29 is 18.8 Å². The molecule has 0 aliphatic carbocycles. The molecule has 0 aliphatic rings. The first kappa shape index (κ1) is 25.0. The van der Waals surface area contributed by atoms with Crippen LogP contribution in [-0.2, 0) is 17.8 Å². The molecule has 1 unspecified atom stereocenters. The van der Waals surface area contributed by atoms with Gasteiger partial charge in [0.15, 0.2) is 5.58 Å². The fourth-order valence-corrected chi connectivity index (χ4v) is 5.44. The van der Waals surface area contributed by atoms with E-state index in [1.54, 1.807) is 19.2 Å². The Morgan fingerprint density at radius 1 is 1.22 bits per heavy atom. The lowest BCUT2D eigenvalue weighted by atomic mass is 10.1. The zero-order valence-corrected chi connectivity index (χ0v) is 21.8. The summed E-state index contributed by atoms with van der Waals surface area (Å²) in [5.41, 5.74) is 9.38. The van der Waals surface area contributed by atoms with Crippen LogP contribution in [0.25, 0.3) is 21.4 Å². The van der Waals surface area contributed by atoms with Crippen molar-refractivity contribution in [1.82, 2.24) is 15.5 Å². The van der Waals surface area contributed by atoms with Gasteiger partial charge in [0.05, 0.1) is 22.8 Å². The Morgan fingerprint density at radius 2 is 2.05 bits per heavy atom. The van der Waals surface area contributed by atoms with E-state index in [9.17, 15) is 9.90 Å². The maximum atomic E-state index is 12.3. The van der Waals surface area contributed by atoms with Gasteiger partial charge in [-0.3, -0.25) is 4.79 Å². The third kappa shape index (κ3) is 5.39. The minimum absolute atomic E-state index is 0.0907. The van der Waals surface area contributed by atoms with Crippen molar-refractivity contribution in [2.45, 2.75) is 39.3 Å². The number of furan rings is 1. The molecule has 1 atom stereocenters. The number of nitrogens with two attached hydrogens (primary N) is 1. The van der Waals surface area contributed by atoms with Gasteiger partial charge >= 0.3 is 0 Å². The van der Waals surface area contributed by atoms with Gasteiger partial charge in [-0.2, -0.15) is 0 Å². The summed E-state index contributed by atoms with van der Waals surface area (Å²) in [7, 11) is 0. The summed E-state index contributed by atoms with van der Waals surface area (Å²) in [6, 6.07) is 13.1. The van der Waals surface area contributed by atoms with Crippen LogP contribution in [0.5, 0.6) is 0 Å². The minimum atomic E-state index is -0.815. The largest absolute Gasteiger partial charge is 0.458 e. The molecular weight excluding hydrogens is 512 g/mol. The number of halogens is 1. The lowest BCUT2D eigenvalue weighted by Gasteiger charge is -2.07. The molecule has 0 saturated heterocycles. The van der Waals surface area contributed by atoms with Crippen molar-refractivity contribution in [2.24, 2.45) is 0 Å². The number of aromatic nitrogens is 2. The molecule has 4 heterocycles. The van der Waals surface area contributed by atoms with E-state index in [2.05, 4.69) is 15.5 Å². The molecule has 1 amide bonds. The summed E-state index contributed by atoms with van der Waals surface area (Å²) >= 11 is 8.02. The van der Waals surface area contributed by atoms with Crippen LogP contribution in [0.1, 0.15) is 45.7 Å². The highest BCUT2D eigenvalue weighted by Gasteiger charge is 2.22. The molecule has 4 aromatic heterocycles. The number of aliphatic hydroxyl groups excluding tert-OH is 1. The number of aliphatic hydroxyl groups is 1. The van der Waals surface area contributed by atoms with Gasteiger partial charge in [0.1, 0.15) is 23.4 Å². The van der Waals surface area contributed by atoms with Crippen molar-refractivity contribution in [3.05, 3.63) is 86.9 Å². The molecule has 0 saturated carbocycles. The topological polar surface area (TPSA) is 127 Å². The molecule has 0 fully saturated rings. The summed E-state index contributed by atoms with van der Waals surface area (Å²) in [6.45, 7) is 3.86. The van der Waals surface area contributed by atoms with Crippen molar-refractivity contribution in [3.63, 3.8) is 0 Å². The van der Waals surface area contributed by atoms with Crippen molar-refractivity contribution in [1.29, 1.82) is 0 Å². The molecule has 0 bridgehead atoms. The van der Waals surface area contributed by atoms with Gasteiger partial charge in [0.2, 0.25) is 5.91 Å². The number of amides is 1. The van der Waals surface area contributed by atoms with E-state index in [0.717, 1.165) is 26.3 Å². The van der Waals surface area contributed by atoms with Gasteiger partial charge in [0, 0.05) is 27.8 Å². The highest BCUT2D eigenvalue weighted by molar-refractivity contribution is 7.15. The molecule has 5 rings (SSSR count). The van der Waals surface area contributed by atoms with Crippen molar-refractivity contribution in [2.75, 3.05) is 5.73 Å². The maximum absolute atomic E-state index is 12.3. The Bertz CT molecular complexity index is 1550. The molecule has 190 valence electrons. The zero-order chi connectivity index (χ0) is 26.1. The average Bonchev–Trinajstić information content (AvgIpc) is 3.61. The molecule has 10 heteroatoms. The smallest absolute Gasteiger partial charge is 0.220 e. The second kappa shape index (κ2) is 10.4. The minimum Gasteiger partial charge on any atom is -0.458 e. The van der Waals surface area contributed by atoms with Crippen molar-refractivity contribution >= 4 is 45.6 Å². The molecule has 0 radical (unpaired) electrons. The van der Waals surface area contributed by atoms with E-state index in [0.29, 0.717) is 52.0 Å². The molecule has 8 nitrogen and oxygen atoms in total. The first-order valence-electron chi connectivity index (χ1n) is 11.7.